The average molecular weight is 268 g/mol. The number of nitrogens with zero attached hydrogens (tertiary/aromatic N) is 1. The molecule has 1 heterocycles. The van der Waals surface area contributed by atoms with Gasteiger partial charge in [0.05, 0.1) is 18.9 Å². The first-order chi connectivity index (χ1) is 9.13. The summed E-state index contributed by atoms with van der Waals surface area (Å²) in [6.07, 6.45) is 1.01. The van der Waals surface area contributed by atoms with E-state index < -0.39 is 0 Å². The largest absolute Gasteiger partial charge is 0.476 e. The molecule has 0 unspecified atom stereocenters. The summed E-state index contributed by atoms with van der Waals surface area (Å²) in [5, 5.41) is 0. The first kappa shape index (κ1) is 15.6. The molecule has 0 atom stereocenters. The van der Waals surface area contributed by atoms with E-state index in [-0.39, 0.29) is 0 Å². The minimum Gasteiger partial charge on any atom is -0.476 e. The molecule has 0 spiro atoms. The summed E-state index contributed by atoms with van der Waals surface area (Å²) in [7, 11) is 0. The van der Waals surface area contributed by atoms with Crippen LogP contribution in [-0.2, 0) is 4.74 Å². The second-order valence-electron chi connectivity index (χ2n) is 4.71. The van der Waals surface area contributed by atoms with Crippen LogP contribution >= 0.6 is 0 Å². The Morgan fingerprint density at radius 2 is 1.95 bits per heavy atom. The molecule has 0 aromatic carbocycles. The number of nitrogens with two attached hydrogens (primary N) is 1. The molecule has 0 bridgehead atoms. The summed E-state index contributed by atoms with van der Waals surface area (Å²) in [5.41, 5.74) is 6.33. The van der Waals surface area contributed by atoms with Crippen LogP contribution in [0.1, 0.15) is 27.2 Å². The van der Waals surface area contributed by atoms with Gasteiger partial charge in [-0.2, -0.15) is 4.98 Å². The summed E-state index contributed by atoms with van der Waals surface area (Å²) in [5.74, 6) is 1.36. The first-order valence-corrected chi connectivity index (χ1v) is 6.73. The third-order valence-corrected chi connectivity index (χ3v) is 2.24. The van der Waals surface area contributed by atoms with Crippen LogP contribution in [0.3, 0.4) is 0 Å². The van der Waals surface area contributed by atoms with Gasteiger partial charge in [0.25, 0.3) is 0 Å². The maximum atomic E-state index is 5.80. The third kappa shape index (κ3) is 6.29. The molecule has 19 heavy (non-hydrogen) atoms. The molecule has 108 valence electrons. The van der Waals surface area contributed by atoms with Gasteiger partial charge in [-0.15, -0.1) is 0 Å². The molecular weight excluding hydrogens is 244 g/mol. The van der Waals surface area contributed by atoms with Crippen molar-refractivity contribution in [3.8, 4) is 11.8 Å². The summed E-state index contributed by atoms with van der Waals surface area (Å²) in [4.78, 5) is 4.24. The highest BCUT2D eigenvalue weighted by molar-refractivity contribution is 5.49. The summed E-state index contributed by atoms with van der Waals surface area (Å²) < 4.78 is 16.3. The van der Waals surface area contributed by atoms with Crippen LogP contribution in [0.2, 0.25) is 0 Å². The maximum absolute atomic E-state index is 5.80. The fourth-order valence-electron chi connectivity index (χ4n) is 1.33. The number of ether oxygens (including phenoxy) is 3. The minimum atomic E-state index is 0.424. The molecule has 5 nitrogen and oxygen atoms in total. The van der Waals surface area contributed by atoms with Crippen LogP contribution in [-0.4, -0.2) is 31.4 Å². The number of hydrogen-bond donors (Lipinski definition) is 1. The van der Waals surface area contributed by atoms with Crippen LogP contribution in [0.15, 0.2) is 12.1 Å². The topological polar surface area (TPSA) is 66.6 Å². The Morgan fingerprint density at radius 1 is 1.16 bits per heavy atom. The molecule has 0 radical (unpaired) electrons. The van der Waals surface area contributed by atoms with E-state index in [9.17, 15) is 0 Å². The molecule has 0 aliphatic rings. The highest BCUT2D eigenvalue weighted by atomic mass is 16.5. The van der Waals surface area contributed by atoms with Crippen molar-refractivity contribution < 1.29 is 14.2 Å². The van der Waals surface area contributed by atoms with Gasteiger partial charge < -0.3 is 19.9 Å². The van der Waals surface area contributed by atoms with E-state index in [1.807, 2.05) is 0 Å². The van der Waals surface area contributed by atoms with Gasteiger partial charge in [0.15, 0.2) is 0 Å². The zero-order chi connectivity index (χ0) is 14.1. The zero-order valence-electron chi connectivity index (χ0n) is 12.0. The number of hydrogen-bond acceptors (Lipinski definition) is 5. The predicted octanol–water partition coefficient (Wildman–Crippen LogP) is 2.50. The monoisotopic (exact) mass is 268 g/mol. The molecule has 0 saturated carbocycles. The van der Waals surface area contributed by atoms with Crippen LogP contribution in [0, 0.1) is 5.92 Å². The Morgan fingerprint density at radius 3 is 2.63 bits per heavy atom. The Bertz CT molecular complexity index is 370. The molecular formula is C14H24N2O3. The first-order valence-electron chi connectivity index (χ1n) is 6.73. The average Bonchev–Trinajstić information content (AvgIpc) is 2.38. The number of aromatic nitrogens is 1. The molecule has 0 saturated heterocycles. The van der Waals surface area contributed by atoms with Gasteiger partial charge in [-0.3, -0.25) is 0 Å². The van der Waals surface area contributed by atoms with Crippen LogP contribution < -0.4 is 15.2 Å². The second-order valence-corrected chi connectivity index (χ2v) is 4.71. The van der Waals surface area contributed by atoms with E-state index >= 15 is 0 Å². The fraction of sp³-hybridized carbons (Fsp3) is 0.643. The lowest BCUT2D eigenvalue weighted by molar-refractivity contribution is 0.0986. The van der Waals surface area contributed by atoms with Crippen molar-refractivity contribution in [1.82, 2.24) is 4.98 Å². The predicted molar refractivity (Wildman–Crippen MR) is 75.6 cm³/mol. The van der Waals surface area contributed by atoms with Crippen LogP contribution in [0.4, 0.5) is 5.69 Å². The zero-order valence-corrected chi connectivity index (χ0v) is 12.0. The lowest BCUT2D eigenvalue weighted by atomic mass is 10.2. The second kappa shape index (κ2) is 8.58. The number of rotatable bonds is 9. The summed E-state index contributed by atoms with van der Waals surface area (Å²) in [6, 6.07) is 3.47. The van der Waals surface area contributed by atoms with Crippen LogP contribution in [0.25, 0.3) is 0 Å². The van der Waals surface area contributed by atoms with Crippen molar-refractivity contribution in [2.75, 3.05) is 32.2 Å². The van der Waals surface area contributed by atoms with Gasteiger partial charge in [0, 0.05) is 12.7 Å². The maximum Gasteiger partial charge on any atom is 0.240 e. The van der Waals surface area contributed by atoms with Crippen molar-refractivity contribution >= 4 is 5.69 Å². The Kier molecular flexibility index (Phi) is 7.03. The van der Waals surface area contributed by atoms with Gasteiger partial charge in [0.1, 0.15) is 6.61 Å². The van der Waals surface area contributed by atoms with E-state index in [0.717, 1.165) is 13.0 Å². The van der Waals surface area contributed by atoms with Crippen molar-refractivity contribution in [2.24, 2.45) is 5.92 Å². The van der Waals surface area contributed by atoms with E-state index in [1.54, 1.807) is 12.1 Å². The van der Waals surface area contributed by atoms with Gasteiger partial charge in [-0.05, 0) is 18.4 Å². The lowest BCUT2D eigenvalue weighted by Crippen LogP contribution is -2.10. The molecule has 2 N–H and O–H groups in total. The van der Waals surface area contributed by atoms with Crippen molar-refractivity contribution in [2.45, 2.75) is 27.2 Å². The molecule has 1 aromatic rings. The number of nitrogen functional groups attached to an aromatic ring is 1. The van der Waals surface area contributed by atoms with Crippen molar-refractivity contribution in [3.05, 3.63) is 12.1 Å². The van der Waals surface area contributed by atoms with Crippen molar-refractivity contribution in [1.29, 1.82) is 0 Å². The Labute approximate surface area is 115 Å². The smallest absolute Gasteiger partial charge is 0.240 e. The standard InChI is InChI=1S/C14H24N2O3/c1-4-7-17-8-9-18-13-6-5-12(15)14(16-13)19-10-11(2)3/h5-6,11H,4,7-10,15H2,1-3H3. The molecule has 1 rings (SSSR count). The van der Waals surface area contributed by atoms with E-state index in [1.165, 1.54) is 0 Å². The van der Waals surface area contributed by atoms with E-state index in [4.69, 9.17) is 19.9 Å². The fourth-order valence-corrected chi connectivity index (χ4v) is 1.33. The van der Waals surface area contributed by atoms with E-state index in [0.29, 0.717) is 43.2 Å². The Hall–Kier alpha value is -1.49. The highest BCUT2D eigenvalue weighted by Crippen LogP contribution is 2.22. The number of pyridine rings is 1. The van der Waals surface area contributed by atoms with Crippen LogP contribution in [0.5, 0.6) is 11.8 Å². The van der Waals surface area contributed by atoms with E-state index in [2.05, 4.69) is 25.8 Å². The normalized spacial score (nSPS) is 10.7. The third-order valence-electron chi connectivity index (χ3n) is 2.24. The van der Waals surface area contributed by atoms with Gasteiger partial charge in [-0.1, -0.05) is 20.8 Å². The molecule has 0 amide bonds. The van der Waals surface area contributed by atoms with Gasteiger partial charge >= 0.3 is 0 Å². The van der Waals surface area contributed by atoms with Crippen molar-refractivity contribution in [3.63, 3.8) is 0 Å². The quantitative estimate of drug-likeness (QED) is 0.697. The van der Waals surface area contributed by atoms with Gasteiger partial charge in [0.2, 0.25) is 11.8 Å². The van der Waals surface area contributed by atoms with Gasteiger partial charge in [-0.25, -0.2) is 0 Å². The lowest BCUT2D eigenvalue weighted by Gasteiger charge is -2.11. The molecule has 5 heteroatoms. The minimum absolute atomic E-state index is 0.424. The summed E-state index contributed by atoms with van der Waals surface area (Å²) >= 11 is 0. The SMILES string of the molecule is CCCOCCOc1ccc(N)c(OCC(C)C)n1. The Balaban J connectivity index is 2.43. The highest BCUT2D eigenvalue weighted by Gasteiger charge is 2.06. The molecule has 0 fully saturated rings. The number of anilines is 1. The molecule has 0 aliphatic heterocycles. The molecule has 1 aromatic heterocycles. The summed E-state index contributed by atoms with van der Waals surface area (Å²) in [6.45, 7) is 8.58. The molecule has 0 aliphatic carbocycles.